The predicted molar refractivity (Wildman–Crippen MR) is 90.1 cm³/mol. The first kappa shape index (κ1) is 13.4. The number of rotatable bonds is 2. The van der Waals surface area contributed by atoms with Crippen LogP contribution in [0, 0.1) is 5.92 Å². The highest BCUT2D eigenvalue weighted by molar-refractivity contribution is 7.15. The van der Waals surface area contributed by atoms with Gasteiger partial charge in [0.05, 0.1) is 11.2 Å². The Hall–Kier alpha value is -1.07. The van der Waals surface area contributed by atoms with Gasteiger partial charge in [-0.3, -0.25) is 0 Å². The lowest BCUT2D eigenvalue weighted by molar-refractivity contribution is 0.0189. The normalized spacial score (nSPS) is 36.1. The lowest BCUT2D eigenvalue weighted by Crippen LogP contribution is -2.64. The van der Waals surface area contributed by atoms with Gasteiger partial charge in [-0.2, -0.15) is 0 Å². The summed E-state index contributed by atoms with van der Waals surface area (Å²) in [6.45, 7) is 3.82. The fourth-order valence-electron chi connectivity index (χ4n) is 4.80. The predicted octanol–water partition coefficient (Wildman–Crippen LogP) is 2.73. The van der Waals surface area contributed by atoms with Crippen LogP contribution in [0.1, 0.15) is 42.7 Å². The Kier molecular flexibility index (Phi) is 3.02. The summed E-state index contributed by atoms with van der Waals surface area (Å²) < 4.78 is 0. The maximum Gasteiger partial charge on any atom is 0.188 e. The van der Waals surface area contributed by atoms with E-state index in [2.05, 4.69) is 21.6 Å². The molecule has 1 aromatic rings. The molecule has 6 rings (SSSR count). The number of piperidine rings is 3. The minimum atomic E-state index is 0.301. The molecule has 3 fully saturated rings. The van der Waals surface area contributed by atoms with Crippen molar-refractivity contribution in [2.75, 3.05) is 25.0 Å². The number of aryl methyl sites for hydroxylation is 2. The van der Waals surface area contributed by atoms with E-state index in [0.717, 1.165) is 11.0 Å². The fraction of sp³-hybridized carbons (Fsp3) is 0.706. The van der Waals surface area contributed by atoms with Crippen LogP contribution in [0.25, 0.3) is 0 Å². The molecule has 0 amide bonds. The number of aromatic nitrogens is 1. The second-order valence-corrected chi connectivity index (χ2v) is 8.46. The number of fused-ring (bicyclic) bond motifs is 3. The molecule has 5 heterocycles. The van der Waals surface area contributed by atoms with Crippen molar-refractivity contribution in [1.82, 2.24) is 15.2 Å². The van der Waals surface area contributed by atoms with Gasteiger partial charge in [-0.25, -0.2) is 4.98 Å². The highest BCUT2D eigenvalue weighted by atomic mass is 32.1. The third-order valence-electron chi connectivity index (χ3n) is 6.02. The number of hydrogen-bond donors (Lipinski definition) is 2. The second-order valence-electron chi connectivity index (χ2n) is 7.37. The molecule has 22 heavy (non-hydrogen) atoms. The molecule has 1 aliphatic carbocycles. The van der Waals surface area contributed by atoms with Crippen molar-refractivity contribution >= 4 is 16.5 Å². The first-order valence-corrected chi connectivity index (χ1v) is 9.59. The van der Waals surface area contributed by atoms with Crippen molar-refractivity contribution in [1.29, 1.82) is 0 Å². The Labute approximate surface area is 136 Å². The van der Waals surface area contributed by atoms with Crippen LogP contribution in [-0.2, 0) is 12.8 Å². The van der Waals surface area contributed by atoms with E-state index in [1.807, 2.05) is 11.3 Å². The van der Waals surface area contributed by atoms with Crippen molar-refractivity contribution in [3.05, 3.63) is 22.5 Å². The van der Waals surface area contributed by atoms with Crippen molar-refractivity contribution in [2.45, 2.75) is 50.5 Å². The SMILES string of the molecule is C1=C(Nc2nc3c(s2)CCCC3)N[C@@]2(C1)CN1CCC2CC1. The van der Waals surface area contributed by atoms with Gasteiger partial charge in [0.25, 0.3) is 0 Å². The zero-order valence-electron chi connectivity index (χ0n) is 13.0. The van der Waals surface area contributed by atoms with Crippen molar-refractivity contribution in [3.8, 4) is 0 Å². The molecule has 2 bridgehead atoms. The van der Waals surface area contributed by atoms with Gasteiger partial charge in [0.2, 0.25) is 0 Å². The van der Waals surface area contributed by atoms with Crippen molar-refractivity contribution in [2.24, 2.45) is 5.92 Å². The van der Waals surface area contributed by atoms with Gasteiger partial charge in [-0.15, -0.1) is 11.3 Å². The number of hydrogen-bond acceptors (Lipinski definition) is 5. The van der Waals surface area contributed by atoms with E-state index in [9.17, 15) is 0 Å². The number of anilines is 1. The molecule has 5 heteroatoms. The van der Waals surface area contributed by atoms with Crippen LogP contribution in [0.2, 0.25) is 0 Å². The molecular weight excluding hydrogens is 292 g/mol. The summed E-state index contributed by atoms with van der Waals surface area (Å²) in [6.07, 6.45) is 11.3. The van der Waals surface area contributed by atoms with Crippen LogP contribution in [0.15, 0.2) is 11.9 Å². The zero-order valence-corrected chi connectivity index (χ0v) is 13.8. The fourth-order valence-corrected chi connectivity index (χ4v) is 5.86. The summed E-state index contributed by atoms with van der Waals surface area (Å²) in [6, 6.07) is 0. The summed E-state index contributed by atoms with van der Waals surface area (Å²) in [5, 5.41) is 8.50. The highest BCUT2D eigenvalue weighted by Crippen LogP contribution is 2.41. The Morgan fingerprint density at radius 3 is 2.91 bits per heavy atom. The molecule has 0 aromatic carbocycles. The lowest BCUT2D eigenvalue weighted by atomic mass is 9.72. The van der Waals surface area contributed by atoms with Crippen LogP contribution < -0.4 is 10.6 Å². The van der Waals surface area contributed by atoms with Crippen LogP contribution in [0.3, 0.4) is 0 Å². The maximum absolute atomic E-state index is 4.81. The van der Waals surface area contributed by atoms with Crippen LogP contribution >= 0.6 is 11.3 Å². The smallest absolute Gasteiger partial charge is 0.188 e. The monoisotopic (exact) mass is 316 g/mol. The topological polar surface area (TPSA) is 40.2 Å². The average molecular weight is 316 g/mol. The summed E-state index contributed by atoms with van der Waals surface area (Å²) in [4.78, 5) is 8.95. The molecule has 1 spiro atoms. The van der Waals surface area contributed by atoms with E-state index in [4.69, 9.17) is 4.98 Å². The van der Waals surface area contributed by atoms with Gasteiger partial charge in [0.1, 0.15) is 5.82 Å². The van der Waals surface area contributed by atoms with Crippen LogP contribution in [-0.4, -0.2) is 35.1 Å². The van der Waals surface area contributed by atoms with E-state index in [1.54, 1.807) is 0 Å². The molecule has 1 atom stereocenters. The van der Waals surface area contributed by atoms with Gasteiger partial charge < -0.3 is 15.5 Å². The third kappa shape index (κ3) is 2.09. The molecule has 4 nitrogen and oxygen atoms in total. The zero-order chi connectivity index (χ0) is 14.6. The van der Waals surface area contributed by atoms with Gasteiger partial charge in [0, 0.05) is 11.4 Å². The minimum absolute atomic E-state index is 0.301. The third-order valence-corrected chi connectivity index (χ3v) is 7.09. The standard InChI is InChI=1S/C17H24N4S/c1-2-4-14-13(3-1)18-16(22-14)19-15-5-8-17(20-15)11-21-9-6-12(17)7-10-21/h5,12,20H,1-4,6-11H2,(H,18,19)/t17-/m0/s1. The number of thiazole rings is 1. The molecule has 0 radical (unpaired) electrons. The van der Waals surface area contributed by atoms with Gasteiger partial charge in [-0.05, 0) is 70.0 Å². The summed E-state index contributed by atoms with van der Waals surface area (Å²) in [5.74, 6) is 2.04. The van der Waals surface area contributed by atoms with Crippen LogP contribution in [0.5, 0.6) is 0 Å². The first-order chi connectivity index (χ1) is 10.8. The molecule has 3 saturated heterocycles. The molecule has 118 valence electrons. The molecule has 4 aliphatic heterocycles. The first-order valence-electron chi connectivity index (χ1n) is 8.77. The van der Waals surface area contributed by atoms with Crippen LogP contribution in [0.4, 0.5) is 5.13 Å². The van der Waals surface area contributed by atoms with Gasteiger partial charge >= 0.3 is 0 Å². The lowest BCUT2D eigenvalue weighted by Gasteiger charge is -2.52. The van der Waals surface area contributed by atoms with E-state index in [0.29, 0.717) is 5.54 Å². The molecule has 1 aromatic heterocycles. The molecule has 5 aliphatic rings. The summed E-state index contributed by atoms with van der Waals surface area (Å²) >= 11 is 1.86. The Balaban J connectivity index is 1.30. The molecule has 0 unspecified atom stereocenters. The molecule has 0 saturated carbocycles. The quantitative estimate of drug-likeness (QED) is 0.880. The number of nitrogens with one attached hydrogen (secondary N) is 2. The molecule has 2 N–H and O–H groups in total. The summed E-state index contributed by atoms with van der Waals surface area (Å²) in [5.41, 5.74) is 1.64. The van der Waals surface area contributed by atoms with Crippen molar-refractivity contribution < 1.29 is 0 Å². The van der Waals surface area contributed by atoms with E-state index >= 15 is 0 Å². The van der Waals surface area contributed by atoms with Gasteiger partial charge in [-0.1, -0.05) is 0 Å². The largest absolute Gasteiger partial charge is 0.365 e. The number of nitrogens with zero attached hydrogens (tertiary/aromatic N) is 2. The van der Waals surface area contributed by atoms with E-state index in [-0.39, 0.29) is 0 Å². The van der Waals surface area contributed by atoms with Crippen molar-refractivity contribution in [3.63, 3.8) is 0 Å². The summed E-state index contributed by atoms with van der Waals surface area (Å²) in [7, 11) is 0. The second kappa shape index (κ2) is 4.96. The average Bonchev–Trinajstić information content (AvgIpc) is 3.12. The Morgan fingerprint density at radius 2 is 2.14 bits per heavy atom. The Bertz CT molecular complexity index is 591. The van der Waals surface area contributed by atoms with Gasteiger partial charge in [0.15, 0.2) is 5.13 Å². The van der Waals surface area contributed by atoms with E-state index in [1.165, 1.54) is 81.0 Å². The van der Waals surface area contributed by atoms with E-state index < -0.39 is 0 Å². The maximum atomic E-state index is 4.81. The minimum Gasteiger partial charge on any atom is -0.365 e. The Morgan fingerprint density at radius 1 is 1.27 bits per heavy atom. The highest BCUT2D eigenvalue weighted by Gasteiger charge is 2.48. The molecular formula is C17H24N4S.